The lowest BCUT2D eigenvalue weighted by Gasteiger charge is -2.43. The van der Waals surface area contributed by atoms with Crippen LogP contribution in [0.25, 0.3) is 0 Å². The number of ether oxygens (including phenoxy) is 6. The Labute approximate surface area is 285 Å². The van der Waals surface area contributed by atoms with Crippen molar-refractivity contribution in [2.24, 2.45) is 0 Å². The lowest BCUT2D eigenvalue weighted by atomic mass is 9.80. The molecule has 5 aromatic rings. The molecule has 2 aliphatic heterocycles. The molecule has 2 saturated heterocycles. The molecule has 248 valence electrons. The summed E-state index contributed by atoms with van der Waals surface area (Å²) < 4.78 is 38.1. The summed E-state index contributed by atoms with van der Waals surface area (Å²) in [4.78, 5) is 27.2. The Hall–Kier alpha value is -5.12. The fourth-order valence-electron chi connectivity index (χ4n) is 6.49. The van der Waals surface area contributed by atoms with Crippen LogP contribution in [0.3, 0.4) is 0 Å². The molecule has 0 spiro atoms. The third-order valence-electron chi connectivity index (χ3n) is 8.78. The molecule has 49 heavy (non-hydrogen) atoms. The quantitative estimate of drug-likeness (QED) is 0.118. The van der Waals surface area contributed by atoms with Gasteiger partial charge in [0, 0.05) is 0 Å². The van der Waals surface area contributed by atoms with Gasteiger partial charge in [0.15, 0.2) is 30.9 Å². The van der Waals surface area contributed by atoms with Gasteiger partial charge in [-0.1, -0.05) is 127 Å². The molecular weight excluding hydrogens is 620 g/mol. The smallest absolute Gasteiger partial charge is 0.338 e. The normalized spacial score (nSPS) is 23.3. The summed E-state index contributed by atoms with van der Waals surface area (Å²) in [5.74, 6) is -1.20. The third-order valence-corrected chi connectivity index (χ3v) is 8.78. The predicted molar refractivity (Wildman–Crippen MR) is 181 cm³/mol. The van der Waals surface area contributed by atoms with Crippen molar-refractivity contribution in [3.63, 3.8) is 0 Å². The summed E-state index contributed by atoms with van der Waals surface area (Å²) in [5, 5.41) is 0. The molecule has 0 amide bonds. The molecular formula is C41H36O8. The van der Waals surface area contributed by atoms with E-state index in [1.165, 1.54) is 0 Å². The van der Waals surface area contributed by atoms with Crippen LogP contribution in [0.2, 0.25) is 0 Å². The zero-order valence-electron chi connectivity index (χ0n) is 26.9. The van der Waals surface area contributed by atoms with Gasteiger partial charge in [-0.2, -0.15) is 0 Å². The van der Waals surface area contributed by atoms with Crippen LogP contribution in [0.5, 0.6) is 0 Å². The van der Waals surface area contributed by atoms with Crippen molar-refractivity contribution in [3.8, 4) is 0 Å². The van der Waals surface area contributed by atoms with E-state index in [0.29, 0.717) is 11.1 Å². The highest BCUT2D eigenvalue weighted by Crippen LogP contribution is 2.42. The molecule has 0 N–H and O–H groups in total. The van der Waals surface area contributed by atoms with Gasteiger partial charge in [0.05, 0.1) is 17.7 Å². The lowest BCUT2D eigenvalue weighted by Crippen LogP contribution is -2.61. The van der Waals surface area contributed by atoms with Crippen LogP contribution in [-0.4, -0.2) is 55.5 Å². The van der Waals surface area contributed by atoms with Gasteiger partial charge in [0.1, 0.15) is 11.7 Å². The van der Waals surface area contributed by atoms with E-state index in [1.54, 1.807) is 55.5 Å². The van der Waals surface area contributed by atoms with Crippen molar-refractivity contribution in [1.29, 1.82) is 0 Å². The van der Waals surface area contributed by atoms with Crippen molar-refractivity contribution in [3.05, 3.63) is 179 Å². The molecule has 7 rings (SSSR count). The van der Waals surface area contributed by atoms with Crippen LogP contribution in [0, 0.1) is 0 Å². The van der Waals surface area contributed by atoms with Crippen LogP contribution >= 0.6 is 0 Å². The second kappa shape index (κ2) is 14.6. The van der Waals surface area contributed by atoms with E-state index >= 15 is 0 Å². The van der Waals surface area contributed by atoms with Crippen molar-refractivity contribution in [2.45, 2.75) is 49.5 Å². The van der Waals surface area contributed by atoms with Gasteiger partial charge in [-0.3, -0.25) is 0 Å². The molecule has 0 aromatic heterocycles. The average Bonchev–Trinajstić information content (AvgIpc) is 3.54. The highest BCUT2D eigenvalue weighted by atomic mass is 16.8. The maximum Gasteiger partial charge on any atom is 0.338 e. The first-order valence-corrected chi connectivity index (χ1v) is 16.3. The molecule has 6 atom stereocenters. The van der Waals surface area contributed by atoms with E-state index < -0.39 is 54.5 Å². The summed E-state index contributed by atoms with van der Waals surface area (Å²) in [5.41, 5.74) is 2.26. The van der Waals surface area contributed by atoms with Crippen LogP contribution in [0.15, 0.2) is 152 Å². The Morgan fingerprint density at radius 1 is 0.551 bits per heavy atom. The number of esters is 2. The molecule has 5 aromatic carbocycles. The Morgan fingerprint density at radius 2 is 0.959 bits per heavy atom. The summed E-state index contributed by atoms with van der Waals surface area (Å²) in [6.45, 7) is 1.66. The van der Waals surface area contributed by atoms with E-state index in [1.807, 2.05) is 103 Å². The standard InChI is InChI=1S/C41H36O8/c1-28-45-37-36(49-39(43)30-19-9-3-10-20-30)35(48-38(42)29-17-7-2-8-18-29)34(47-40(37)46-28)27-44-41(31-21-11-4-12-22-31,32-23-13-5-14-24-32)33-25-15-6-16-26-33/h2-26,28,34-37,40H,27H2,1H3/t28?,34-,35-,36+,37+,40-/m1/s1. The summed E-state index contributed by atoms with van der Waals surface area (Å²) in [6.07, 6.45) is -5.59. The first-order valence-electron chi connectivity index (χ1n) is 16.3. The SMILES string of the molecule is CC1O[C@@H]2O[C@H](COC(c3ccccc3)(c3ccccc3)c3ccccc3)[C@@H](OC(=O)c3ccccc3)[C@H](OC(=O)c3ccccc3)[C@@H]2O1. The minimum absolute atomic E-state index is 0.0776. The predicted octanol–water partition coefficient (Wildman–Crippen LogP) is 6.93. The topological polar surface area (TPSA) is 89.5 Å². The Morgan fingerprint density at radius 3 is 1.41 bits per heavy atom. The van der Waals surface area contributed by atoms with E-state index in [-0.39, 0.29) is 6.61 Å². The second-order valence-electron chi connectivity index (χ2n) is 11.9. The van der Waals surface area contributed by atoms with Gasteiger partial charge in [-0.15, -0.1) is 0 Å². The second-order valence-corrected chi connectivity index (χ2v) is 11.9. The van der Waals surface area contributed by atoms with Gasteiger partial charge in [0.2, 0.25) is 0 Å². The number of fused-ring (bicyclic) bond motifs is 1. The molecule has 8 nitrogen and oxygen atoms in total. The molecule has 8 heteroatoms. The highest BCUT2D eigenvalue weighted by Gasteiger charge is 2.56. The van der Waals surface area contributed by atoms with Crippen molar-refractivity contribution < 1.29 is 38.0 Å². The first kappa shape index (κ1) is 32.4. The van der Waals surface area contributed by atoms with Gasteiger partial charge in [-0.25, -0.2) is 9.59 Å². The summed E-state index contributed by atoms with van der Waals surface area (Å²) in [6, 6.07) is 47.1. The van der Waals surface area contributed by atoms with Gasteiger partial charge >= 0.3 is 11.9 Å². The zero-order chi connectivity index (χ0) is 33.6. The van der Waals surface area contributed by atoms with Crippen LogP contribution in [0.1, 0.15) is 44.3 Å². The van der Waals surface area contributed by atoms with Gasteiger partial charge in [0.25, 0.3) is 0 Å². The Bertz CT molecular complexity index is 1720. The summed E-state index contributed by atoms with van der Waals surface area (Å²) in [7, 11) is 0. The van der Waals surface area contributed by atoms with E-state index in [0.717, 1.165) is 16.7 Å². The fraction of sp³-hybridized carbons (Fsp3) is 0.220. The fourth-order valence-corrected chi connectivity index (χ4v) is 6.49. The van der Waals surface area contributed by atoms with Gasteiger partial charge < -0.3 is 28.4 Å². The number of carbonyl (C=O) groups excluding carboxylic acids is 2. The highest BCUT2D eigenvalue weighted by molar-refractivity contribution is 5.90. The molecule has 0 bridgehead atoms. The molecule has 0 saturated carbocycles. The Balaban J connectivity index is 1.30. The zero-order valence-corrected chi connectivity index (χ0v) is 26.9. The van der Waals surface area contributed by atoms with E-state index in [4.69, 9.17) is 28.4 Å². The molecule has 0 radical (unpaired) electrons. The number of hydrogen-bond acceptors (Lipinski definition) is 8. The van der Waals surface area contributed by atoms with Crippen molar-refractivity contribution in [2.75, 3.05) is 6.61 Å². The molecule has 2 fully saturated rings. The minimum atomic E-state index is -1.13. The Kier molecular flexibility index (Phi) is 9.63. The van der Waals surface area contributed by atoms with E-state index in [9.17, 15) is 9.59 Å². The number of hydrogen-bond donors (Lipinski definition) is 0. The third kappa shape index (κ3) is 6.77. The monoisotopic (exact) mass is 656 g/mol. The lowest BCUT2D eigenvalue weighted by molar-refractivity contribution is -0.259. The summed E-state index contributed by atoms with van der Waals surface area (Å²) >= 11 is 0. The van der Waals surface area contributed by atoms with Crippen LogP contribution in [-0.2, 0) is 34.0 Å². The maximum atomic E-state index is 13.7. The number of carbonyl (C=O) groups is 2. The van der Waals surface area contributed by atoms with Crippen molar-refractivity contribution >= 4 is 11.9 Å². The van der Waals surface area contributed by atoms with Crippen LogP contribution < -0.4 is 0 Å². The van der Waals surface area contributed by atoms with Gasteiger partial charge in [-0.05, 0) is 47.9 Å². The number of rotatable bonds is 10. The van der Waals surface area contributed by atoms with E-state index in [2.05, 4.69) is 0 Å². The van der Waals surface area contributed by atoms with Crippen LogP contribution in [0.4, 0.5) is 0 Å². The molecule has 0 aliphatic carbocycles. The first-order chi connectivity index (χ1) is 24.0. The maximum absolute atomic E-state index is 13.7. The largest absolute Gasteiger partial charge is 0.452 e. The van der Waals surface area contributed by atoms with Crippen molar-refractivity contribution in [1.82, 2.24) is 0 Å². The molecule has 1 unspecified atom stereocenters. The molecule has 2 aliphatic rings. The minimum Gasteiger partial charge on any atom is -0.452 e. The molecule has 2 heterocycles. The average molecular weight is 657 g/mol. The number of benzene rings is 5.